The highest BCUT2D eigenvalue weighted by molar-refractivity contribution is 7.17. The van der Waals surface area contributed by atoms with Crippen molar-refractivity contribution in [2.75, 3.05) is 5.32 Å². The zero-order chi connectivity index (χ0) is 11.4. The number of anilines is 1. The predicted molar refractivity (Wildman–Crippen MR) is 63.4 cm³/mol. The van der Waals surface area contributed by atoms with E-state index >= 15 is 0 Å². The third-order valence-electron chi connectivity index (χ3n) is 1.65. The van der Waals surface area contributed by atoms with Crippen molar-refractivity contribution in [1.82, 2.24) is 15.2 Å². The number of hydrogen-bond donors (Lipinski definition) is 2. The number of aromatic nitrogens is 3. The molecule has 0 aliphatic carbocycles. The highest BCUT2D eigenvalue weighted by Crippen LogP contribution is 2.22. The third kappa shape index (κ3) is 2.91. The van der Waals surface area contributed by atoms with Gasteiger partial charge in [0.15, 0.2) is 0 Å². The van der Waals surface area contributed by atoms with Crippen LogP contribution in [0, 0.1) is 0 Å². The summed E-state index contributed by atoms with van der Waals surface area (Å²) in [5.41, 5.74) is 0. The van der Waals surface area contributed by atoms with Gasteiger partial charge in [-0.25, -0.2) is 5.10 Å². The van der Waals surface area contributed by atoms with Gasteiger partial charge >= 0.3 is 0 Å². The van der Waals surface area contributed by atoms with E-state index in [0.717, 1.165) is 4.88 Å². The lowest BCUT2D eigenvalue weighted by molar-refractivity contribution is -0.111. The first kappa shape index (κ1) is 10.8. The average molecular weight is 255 g/mol. The van der Waals surface area contributed by atoms with E-state index in [-0.39, 0.29) is 5.91 Å². The smallest absolute Gasteiger partial charge is 0.250 e. The largest absolute Gasteiger partial charge is 0.291 e. The maximum atomic E-state index is 11.4. The number of H-pyrrole nitrogens is 1. The molecule has 0 fully saturated rings. The Balaban J connectivity index is 1.94. The molecule has 2 aromatic rings. The average Bonchev–Trinajstić information content (AvgIpc) is 2.87. The van der Waals surface area contributed by atoms with Gasteiger partial charge < -0.3 is 0 Å². The van der Waals surface area contributed by atoms with Gasteiger partial charge in [-0.3, -0.25) is 10.1 Å². The van der Waals surface area contributed by atoms with Gasteiger partial charge in [0.25, 0.3) is 5.91 Å². The Kier molecular flexibility index (Phi) is 3.33. The number of rotatable bonds is 3. The van der Waals surface area contributed by atoms with E-state index in [0.29, 0.717) is 10.3 Å². The molecule has 0 saturated heterocycles. The highest BCUT2D eigenvalue weighted by atomic mass is 35.5. The quantitative estimate of drug-likeness (QED) is 0.825. The van der Waals surface area contributed by atoms with Crippen molar-refractivity contribution in [3.05, 3.63) is 33.7 Å². The lowest BCUT2D eigenvalue weighted by Crippen LogP contribution is -2.08. The molecule has 0 spiro atoms. The van der Waals surface area contributed by atoms with Crippen molar-refractivity contribution in [3.8, 4) is 0 Å². The van der Waals surface area contributed by atoms with Crippen LogP contribution in [0.3, 0.4) is 0 Å². The van der Waals surface area contributed by atoms with Crippen molar-refractivity contribution >= 4 is 40.9 Å². The molecule has 7 heteroatoms. The fourth-order valence-corrected chi connectivity index (χ4v) is 1.96. The number of hydrogen-bond acceptors (Lipinski definition) is 4. The Morgan fingerprint density at radius 1 is 1.56 bits per heavy atom. The Morgan fingerprint density at radius 2 is 2.44 bits per heavy atom. The van der Waals surface area contributed by atoms with Crippen LogP contribution in [0.15, 0.2) is 24.5 Å². The van der Waals surface area contributed by atoms with E-state index in [1.807, 2.05) is 6.07 Å². The first-order chi connectivity index (χ1) is 7.74. The molecule has 0 saturated carbocycles. The van der Waals surface area contributed by atoms with Gasteiger partial charge in [-0.05, 0) is 18.2 Å². The molecule has 2 aromatic heterocycles. The number of nitrogens with zero attached hydrogens (tertiary/aromatic N) is 2. The number of carbonyl (C=O) groups is 1. The molecule has 0 aromatic carbocycles. The second-order valence-corrected chi connectivity index (χ2v) is 4.55. The number of amides is 1. The number of carbonyl (C=O) groups excluding carboxylic acids is 1. The zero-order valence-electron chi connectivity index (χ0n) is 7.98. The van der Waals surface area contributed by atoms with Gasteiger partial charge in [-0.2, -0.15) is 10.1 Å². The Hall–Kier alpha value is -1.66. The fraction of sp³-hybridized carbons (Fsp3) is 0. The summed E-state index contributed by atoms with van der Waals surface area (Å²) < 4.78 is 0.690. The van der Waals surface area contributed by atoms with Crippen molar-refractivity contribution < 1.29 is 4.79 Å². The molecule has 16 heavy (non-hydrogen) atoms. The van der Waals surface area contributed by atoms with Crippen LogP contribution in [-0.4, -0.2) is 21.1 Å². The molecule has 0 radical (unpaired) electrons. The molecule has 0 atom stereocenters. The SMILES string of the molecule is O=C(C=Cc1ccc(Cl)s1)Nc1ncn[nH]1. The fourth-order valence-electron chi connectivity index (χ4n) is 1.000. The van der Waals surface area contributed by atoms with E-state index in [4.69, 9.17) is 11.6 Å². The second kappa shape index (κ2) is 4.91. The van der Waals surface area contributed by atoms with Gasteiger partial charge in [-0.1, -0.05) is 11.6 Å². The van der Waals surface area contributed by atoms with E-state index in [2.05, 4.69) is 20.5 Å². The first-order valence-corrected chi connectivity index (χ1v) is 5.53. The van der Waals surface area contributed by atoms with Gasteiger partial charge in [0.1, 0.15) is 6.33 Å². The molecule has 0 bridgehead atoms. The monoisotopic (exact) mass is 254 g/mol. The minimum Gasteiger partial charge on any atom is -0.291 e. The van der Waals surface area contributed by atoms with Crippen LogP contribution >= 0.6 is 22.9 Å². The van der Waals surface area contributed by atoms with E-state index in [1.165, 1.54) is 23.7 Å². The summed E-state index contributed by atoms with van der Waals surface area (Å²) >= 11 is 7.15. The minimum absolute atomic E-state index is 0.277. The summed E-state index contributed by atoms with van der Waals surface area (Å²) in [6.07, 6.45) is 4.41. The van der Waals surface area contributed by atoms with Crippen LogP contribution in [0.4, 0.5) is 5.95 Å². The molecule has 82 valence electrons. The molecule has 2 N–H and O–H groups in total. The Bertz CT molecular complexity index is 505. The van der Waals surface area contributed by atoms with E-state index in [9.17, 15) is 4.79 Å². The topological polar surface area (TPSA) is 70.7 Å². The Labute approximate surface area is 100 Å². The van der Waals surface area contributed by atoms with Crippen LogP contribution in [0.5, 0.6) is 0 Å². The molecule has 5 nitrogen and oxygen atoms in total. The second-order valence-electron chi connectivity index (χ2n) is 2.80. The molecule has 0 unspecified atom stereocenters. The molecule has 0 aliphatic heterocycles. The standard InChI is InChI=1S/C9H7ClN4OS/c10-7-3-1-6(16-7)2-4-8(15)13-9-11-5-12-14-9/h1-5H,(H2,11,12,13,14,15). The first-order valence-electron chi connectivity index (χ1n) is 4.34. The normalized spacial score (nSPS) is 10.8. The van der Waals surface area contributed by atoms with Crippen molar-refractivity contribution in [1.29, 1.82) is 0 Å². The van der Waals surface area contributed by atoms with Crippen LogP contribution in [0.25, 0.3) is 6.08 Å². The van der Waals surface area contributed by atoms with Crippen LogP contribution in [-0.2, 0) is 4.79 Å². The molecular weight excluding hydrogens is 248 g/mol. The highest BCUT2D eigenvalue weighted by Gasteiger charge is 1.99. The molecular formula is C9H7ClN4OS. The Morgan fingerprint density at radius 3 is 3.06 bits per heavy atom. The maximum absolute atomic E-state index is 11.4. The summed E-state index contributed by atoms with van der Waals surface area (Å²) in [6, 6.07) is 3.62. The third-order valence-corrected chi connectivity index (χ3v) is 2.85. The van der Waals surface area contributed by atoms with Gasteiger partial charge in [0.05, 0.1) is 4.34 Å². The van der Waals surface area contributed by atoms with Crippen LogP contribution in [0.1, 0.15) is 4.88 Å². The summed E-state index contributed by atoms with van der Waals surface area (Å²) in [5.74, 6) is 0.0418. The van der Waals surface area contributed by atoms with Gasteiger partial charge in [-0.15, -0.1) is 11.3 Å². The van der Waals surface area contributed by atoms with Crippen LogP contribution in [0.2, 0.25) is 4.34 Å². The predicted octanol–water partition coefficient (Wildman–Crippen LogP) is 2.17. The summed E-state index contributed by atoms with van der Waals surface area (Å²) in [6.45, 7) is 0. The number of nitrogens with one attached hydrogen (secondary N) is 2. The summed E-state index contributed by atoms with van der Waals surface area (Å²) in [7, 11) is 0. The molecule has 2 heterocycles. The van der Waals surface area contributed by atoms with Crippen molar-refractivity contribution in [3.63, 3.8) is 0 Å². The lowest BCUT2D eigenvalue weighted by Gasteiger charge is -1.93. The number of aromatic amines is 1. The summed E-state index contributed by atoms with van der Waals surface area (Å²) in [4.78, 5) is 16.1. The number of thiophene rings is 1. The molecule has 1 amide bonds. The lowest BCUT2D eigenvalue weighted by atomic mass is 10.4. The summed E-state index contributed by atoms with van der Waals surface area (Å²) in [5, 5.41) is 8.65. The zero-order valence-corrected chi connectivity index (χ0v) is 9.55. The number of halogens is 1. The van der Waals surface area contributed by atoms with E-state index < -0.39 is 0 Å². The minimum atomic E-state index is -0.277. The van der Waals surface area contributed by atoms with Crippen molar-refractivity contribution in [2.45, 2.75) is 0 Å². The van der Waals surface area contributed by atoms with Crippen LogP contribution < -0.4 is 5.32 Å². The van der Waals surface area contributed by atoms with Gasteiger partial charge in [0.2, 0.25) is 5.95 Å². The maximum Gasteiger partial charge on any atom is 0.250 e. The van der Waals surface area contributed by atoms with Gasteiger partial charge in [0, 0.05) is 11.0 Å². The van der Waals surface area contributed by atoms with E-state index in [1.54, 1.807) is 12.1 Å². The molecule has 2 rings (SSSR count). The molecule has 0 aliphatic rings. The van der Waals surface area contributed by atoms with Crippen molar-refractivity contribution in [2.24, 2.45) is 0 Å².